The Morgan fingerprint density at radius 3 is 2.71 bits per heavy atom. The van der Waals surface area contributed by atoms with Crippen molar-refractivity contribution in [2.24, 2.45) is 5.92 Å². The Balaban J connectivity index is 1.43. The van der Waals surface area contributed by atoms with Crippen molar-refractivity contribution < 1.29 is 0 Å². The lowest BCUT2D eigenvalue weighted by atomic mass is 9.88. The molecule has 0 saturated carbocycles. The standard InChI is InChI=1S/C33H25N5/c34-18-21-5-3-6-24(15-21)37-30-13-11-23(20-36)17-28(30)26-8-4-10-32(33(26)37)38-29-9-2-1-7-25(29)27-16-22(19-35)12-14-31(27)38/h1-8,10-11,13,16-17,21,28-30H,9,12,14-15H2. The van der Waals surface area contributed by atoms with Crippen LogP contribution in [0.3, 0.4) is 0 Å². The number of hydrogen-bond acceptors (Lipinski definition) is 5. The lowest BCUT2D eigenvalue weighted by Gasteiger charge is -2.37. The Hall–Kier alpha value is -4.79. The van der Waals surface area contributed by atoms with Gasteiger partial charge in [-0.1, -0.05) is 54.7 Å². The number of benzene rings is 1. The zero-order valence-corrected chi connectivity index (χ0v) is 20.9. The van der Waals surface area contributed by atoms with Crippen molar-refractivity contribution in [1.82, 2.24) is 0 Å². The summed E-state index contributed by atoms with van der Waals surface area (Å²) in [7, 11) is 0. The Labute approximate surface area is 222 Å². The number of rotatable bonds is 2. The summed E-state index contributed by atoms with van der Waals surface area (Å²) in [5.41, 5.74) is 9.94. The van der Waals surface area contributed by atoms with E-state index < -0.39 is 0 Å². The van der Waals surface area contributed by atoms with Gasteiger partial charge in [-0.3, -0.25) is 0 Å². The fraction of sp³-hybridized carbons (Fsp3) is 0.242. The van der Waals surface area contributed by atoms with Crippen LogP contribution in [0.15, 0.2) is 113 Å². The number of nitriles is 3. The predicted octanol–water partition coefficient (Wildman–Crippen LogP) is 6.53. The molecule has 182 valence electrons. The average molecular weight is 492 g/mol. The van der Waals surface area contributed by atoms with Crippen LogP contribution in [0.1, 0.15) is 37.2 Å². The summed E-state index contributed by atoms with van der Waals surface area (Å²) < 4.78 is 0. The smallest absolute Gasteiger partial charge is 0.0988 e. The molecule has 0 radical (unpaired) electrons. The van der Waals surface area contributed by atoms with Crippen LogP contribution >= 0.6 is 0 Å². The SMILES string of the molecule is N#CC1=CC2c3cccc(N4C5=C(C=C(C#N)CC5)C5=CC=CCC54)c3N(C3=CC=CC(C#N)C3)C2C=C1. The van der Waals surface area contributed by atoms with E-state index in [9.17, 15) is 15.8 Å². The molecule has 0 bridgehead atoms. The maximum Gasteiger partial charge on any atom is 0.0988 e. The van der Waals surface area contributed by atoms with Gasteiger partial charge in [-0.05, 0) is 54.7 Å². The molecule has 5 nitrogen and oxygen atoms in total. The van der Waals surface area contributed by atoms with Crippen molar-refractivity contribution in [2.75, 3.05) is 9.80 Å². The van der Waals surface area contributed by atoms with Crippen molar-refractivity contribution >= 4 is 11.4 Å². The molecule has 4 atom stereocenters. The van der Waals surface area contributed by atoms with Gasteiger partial charge in [0, 0.05) is 40.5 Å². The zero-order chi connectivity index (χ0) is 25.8. The van der Waals surface area contributed by atoms with Crippen LogP contribution in [0.25, 0.3) is 0 Å². The number of hydrogen-bond donors (Lipinski definition) is 0. The van der Waals surface area contributed by atoms with Crippen molar-refractivity contribution in [3.63, 3.8) is 0 Å². The van der Waals surface area contributed by atoms with E-state index in [1.165, 1.54) is 28.1 Å². The van der Waals surface area contributed by atoms with Crippen LogP contribution in [-0.4, -0.2) is 12.1 Å². The maximum absolute atomic E-state index is 9.71. The molecule has 38 heavy (non-hydrogen) atoms. The number of nitrogens with zero attached hydrogens (tertiary/aromatic N) is 5. The van der Waals surface area contributed by atoms with E-state index in [2.05, 4.69) is 88.7 Å². The zero-order valence-electron chi connectivity index (χ0n) is 20.9. The third-order valence-electron chi connectivity index (χ3n) is 8.52. The third-order valence-corrected chi connectivity index (χ3v) is 8.52. The van der Waals surface area contributed by atoms with E-state index in [1.54, 1.807) is 0 Å². The maximum atomic E-state index is 9.71. The quantitative estimate of drug-likeness (QED) is 0.470. The summed E-state index contributed by atoms with van der Waals surface area (Å²) in [6.45, 7) is 0. The van der Waals surface area contributed by atoms with Crippen LogP contribution in [-0.2, 0) is 0 Å². The van der Waals surface area contributed by atoms with E-state index in [0.717, 1.165) is 36.2 Å². The lowest BCUT2D eigenvalue weighted by molar-refractivity contribution is 0.673. The second-order valence-electron chi connectivity index (χ2n) is 10.5. The first-order valence-corrected chi connectivity index (χ1v) is 13.2. The minimum Gasteiger partial charge on any atom is -0.335 e. The minimum atomic E-state index is -0.158. The van der Waals surface area contributed by atoms with Gasteiger partial charge in [0.25, 0.3) is 0 Å². The second kappa shape index (κ2) is 8.65. The summed E-state index contributed by atoms with van der Waals surface area (Å²) in [6, 6.07) is 13.9. The van der Waals surface area contributed by atoms with Gasteiger partial charge in [-0.2, -0.15) is 15.8 Å². The fourth-order valence-corrected chi connectivity index (χ4v) is 6.89. The summed E-state index contributed by atoms with van der Waals surface area (Å²) in [6.07, 6.45) is 24.1. The number of para-hydroxylation sites is 1. The molecule has 1 aromatic rings. The molecule has 5 heteroatoms. The van der Waals surface area contributed by atoms with E-state index in [0.29, 0.717) is 12.0 Å². The Kier molecular flexibility index (Phi) is 5.10. The highest BCUT2D eigenvalue weighted by atomic mass is 15.3. The van der Waals surface area contributed by atoms with Crippen LogP contribution in [0, 0.1) is 39.9 Å². The topological polar surface area (TPSA) is 77.8 Å². The van der Waals surface area contributed by atoms with Crippen molar-refractivity contribution in [3.8, 4) is 18.2 Å². The molecule has 0 spiro atoms. The predicted molar refractivity (Wildman–Crippen MR) is 147 cm³/mol. The highest BCUT2D eigenvalue weighted by Crippen LogP contribution is 2.55. The molecule has 2 heterocycles. The van der Waals surface area contributed by atoms with Gasteiger partial charge in [-0.15, -0.1) is 0 Å². The lowest BCUT2D eigenvalue weighted by Crippen LogP contribution is -2.36. The van der Waals surface area contributed by atoms with Gasteiger partial charge in [-0.25, -0.2) is 0 Å². The highest BCUT2D eigenvalue weighted by molar-refractivity contribution is 5.87. The third kappa shape index (κ3) is 3.21. The molecule has 2 aliphatic heterocycles. The molecule has 6 aliphatic rings. The molecular formula is C33H25N5. The number of allylic oxidation sites excluding steroid dienone is 11. The van der Waals surface area contributed by atoms with Gasteiger partial charge < -0.3 is 9.80 Å². The molecule has 0 saturated heterocycles. The first-order valence-electron chi connectivity index (χ1n) is 13.2. The van der Waals surface area contributed by atoms with Crippen LogP contribution in [0.5, 0.6) is 0 Å². The monoisotopic (exact) mass is 491 g/mol. The summed E-state index contributed by atoms with van der Waals surface area (Å²) in [5, 5.41) is 29.0. The summed E-state index contributed by atoms with van der Waals surface area (Å²) in [4.78, 5) is 4.93. The van der Waals surface area contributed by atoms with Gasteiger partial charge in [0.15, 0.2) is 0 Å². The highest BCUT2D eigenvalue weighted by Gasteiger charge is 2.45. The molecular weight excluding hydrogens is 466 g/mol. The van der Waals surface area contributed by atoms with Gasteiger partial charge >= 0.3 is 0 Å². The fourth-order valence-electron chi connectivity index (χ4n) is 6.89. The van der Waals surface area contributed by atoms with E-state index in [-0.39, 0.29) is 23.9 Å². The van der Waals surface area contributed by atoms with E-state index in [4.69, 9.17) is 0 Å². The first kappa shape index (κ1) is 22.4. The molecule has 0 fully saturated rings. The van der Waals surface area contributed by atoms with Crippen LogP contribution in [0.4, 0.5) is 11.4 Å². The van der Waals surface area contributed by atoms with Gasteiger partial charge in [0.2, 0.25) is 0 Å². The molecule has 7 rings (SSSR count). The first-order chi connectivity index (χ1) is 18.7. The minimum absolute atomic E-state index is 0.0501. The Morgan fingerprint density at radius 2 is 1.87 bits per heavy atom. The van der Waals surface area contributed by atoms with Crippen LogP contribution < -0.4 is 9.80 Å². The van der Waals surface area contributed by atoms with Crippen molar-refractivity contribution in [1.29, 1.82) is 15.8 Å². The van der Waals surface area contributed by atoms with Crippen molar-refractivity contribution in [2.45, 2.75) is 43.7 Å². The van der Waals surface area contributed by atoms with Gasteiger partial charge in [0.1, 0.15) is 0 Å². The molecule has 4 unspecified atom stereocenters. The molecule has 0 N–H and O–H groups in total. The molecule has 0 aromatic heterocycles. The van der Waals surface area contributed by atoms with Crippen LogP contribution in [0.2, 0.25) is 0 Å². The van der Waals surface area contributed by atoms with Crippen molar-refractivity contribution in [3.05, 3.63) is 118 Å². The summed E-state index contributed by atoms with van der Waals surface area (Å²) >= 11 is 0. The Bertz CT molecular complexity index is 1630. The second-order valence-corrected chi connectivity index (χ2v) is 10.5. The largest absolute Gasteiger partial charge is 0.335 e. The molecule has 4 aliphatic carbocycles. The van der Waals surface area contributed by atoms with E-state index >= 15 is 0 Å². The Morgan fingerprint density at radius 1 is 0.947 bits per heavy atom. The van der Waals surface area contributed by atoms with E-state index in [1.807, 2.05) is 18.2 Å². The molecule has 0 amide bonds. The van der Waals surface area contributed by atoms with Gasteiger partial charge in [0.05, 0.1) is 47.6 Å². The number of anilines is 2. The number of fused-ring (bicyclic) bond motifs is 5. The normalized spacial score (nSPS) is 28.1. The summed E-state index contributed by atoms with van der Waals surface area (Å²) in [5.74, 6) is -0.0971. The molecule has 1 aromatic carbocycles. The average Bonchev–Trinajstić information content (AvgIpc) is 3.49.